The number of nitrogens with two attached hydrogens (primary N) is 1. The van der Waals surface area contributed by atoms with Crippen LogP contribution >= 0.6 is 0 Å². The molecule has 2 rings (SSSR count). The van der Waals surface area contributed by atoms with Gasteiger partial charge in [-0.25, -0.2) is 5.84 Å². The first kappa shape index (κ1) is 14.1. The van der Waals surface area contributed by atoms with Crippen LogP contribution in [-0.4, -0.2) is 12.0 Å². The highest BCUT2D eigenvalue weighted by Crippen LogP contribution is 2.26. The van der Waals surface area contributed by atoms with E-state index in [1.807, 2.05) is 13.0 Å². The number of carbonyl (C=O) groups excluding carboxylic acids is 1. The maximum absolute atomic E-state index is 11.4. The molecular weight excluding hydrogens is 244 g/mol. The molecule has 0 bridgehead atoms. The molecule has 0 radical (unpaired) electrons. The number of hydrazine groups is 1. The molecule has 1 heterocycles. The quantitative estimate of drug-likeness (QED) is 0.498. The van der Waals surface area contributed by atoms with Gasteiger partial charge < -0.3 is 9.15 Å². The highest BCUT2D eigenvalue weighted by molar-refractivity contribution is 5.92. The van der Waals surface area contributed by atoms with Gasteiger partial charge in [-0.2, -0.15) is 0 Å². The maximum atomic E-state index is 11.4. The number of furan rings is 1. The summed E-state index contributed by atoms with van der Waals surface area (Å²) in [4.78, 5) is 11.4. The molecule has 1 amide bonds. The SMILES string of the molecule is Cc1cc(COC2CCCC(C)C2)oc1C(=O)NN. The Morgan fingerprint density at radius 3 is 3.05 bits per heavy atom. The molecule has 0 aliphatic heterocycles. The maximum Gasteiger partial charge on any atom is 0.301 e. The molecular formula is C14H22N2O3. The summed E-state index contributed by atoms with van der Waals surface area (Å²) in [6.45, 7) is 4.49. The van der Waals surface area contributed by atoms with Crippen LogP contribution in [0.3, 0.4) is 0 Å². The van der Waals surface area contributed by atoms with Gasteiger partial charge in [-0.05, 0) is 31.7 Å². The van der Waals surface area contributed by atoms with E-state index in [9.17, 15) is 4.79 Å². The molecule has 1 fully saturated rings. The summed E-state index contributed by atoms with van der Waals surface area (Å²) in [6, 6.07) is 1.83. The fraction of sp³-hybridized carbons (Fsp3) is 0.643. The molecule has 0 saturated heterocycles. The Morgan fingerprint density at radius 1 is 1.58 bits per heavy atom. The zero-order valence-electron chi connectivity index (χ0n) is 11.6. The average Bonchev–Trinajstić information content (AvgIpc) is 2.77. The summed E-state index contributed by atoms with van der Waals surface area (Å²) in [5.41, 5.74) is 2.85. The number of hydrogen-bond donors (Lipinski definition) is 2. The smallest absolute Gasteiger partial charge is 0.301 e. The summed E-state index contributed by atoms with van der Waals surface area (Å²) >= 11 is 0. The first-order valence-corrected chi connectivity index (χ1v) is 6.82. The summed E-state index contributed by atoms with van der Waals surface area (Å²) in [6.07, 6.45) is 5.04. The summed E-state index contributed by atoms with van der Waals surface area (Å²) in [5, 5.41) is 0. The van der Waals surface area contributed by atoms with Gasteiger partial charge in [0.05, 0.1) is 6.10 Å². The predicted molar refractivity (Wildman–Crippen MR) is 71.3 cm³/mol. The van der Waals surface area contributed by atoms with E-state index in [0.29, 0.717) is 18.5 Å². The minimum atomic E-state index is -0.407. The third-order valence-electron chi connectivity index (χ3n) is 3.66. The number of amides is 1. The topological polar surface area (TPSA) is 77.5 Å². The van der Waals surface area contributed by atoms with Crippen molar-refractivity contribution >= 4 is 5.91 Å². The second-order valence-corrected chi connectivity index (χ2v) is 5.40. The monoisotopic (exact) mass is 266 g/mol. The van der Waals surface area contributed by atoms with E-state index in [0.717, 1.165) is 24.3 Å². The Balaban J connectivity index is 1.91. The fourth-order valence-electron chi connectivity index (χ4n) is 2.64. The number of nitrogen functional groups attached to an aromatic ring is 1. The van der Waals surface area contributed by atoms with E-state index in [2.05, 4.69) is 12.3 Å². The predicted octanol–water partition coefficient (Wildman–Crippen LogP) is 2.29. The first-order valence-electron chi connectivity index (χ1n) is 6.82. The summed E-state index contributed by atoms with van der Waals surface area (Å²) in [7, 11) is 0. The number of hydrogen-bond acceptors (Lipinski definition) is 4. The molecule has 3 N–H and O–H groups in total. The molecule has 2 unspecified atom stereocenters. The third kappa shape index (κ3) is 3.58. The van der Waals surface area contributed by atoms with Gasteiger partial charge in [-0.15, -0.1) is 0 Å². The molecule has 1 aliphatic rings. The van der Waals surface area contributed by atoms with Crippen LogP contribution in [0.5, 0.6) is 0 Å². The van der Waals surface area contributed by atoms with E-state index in [4.69, 9.17) is 15.0 Å². The molecule has 2 atom stereocenters. The molecule has 1 aromatic heterocycles. The summed E-state index contributed by atoms with van der Waals surface area (Å²) in [5.74, 6) is 6.36. The lowest BCUT2D eigenvalue weighted by molar-refractivity contribution is -0.00290. The van der Waals surface area contributed by atoms with Crippen molar-refractivity contribution in [2.75, 3.05) is 0 Å². The zero-order chi connectivity index (χ0) is 13.8. The lowest BCUT2D eigenvalue weighted by Crippen LogP contribution is -2.30. The number of nitrogens with one attached hydrogen (secondary N) is 1. The van der Waals surface area contributed by atoms with Crippen LogP contribution in [0.2, 0.25) is 0 Å². The van der Waals surface area contributed by atoms with Gasteiger partial charge in [0.1, 0.15) is 12.4 Å². The standard InChI is InChI=1S/C14H22N2O3/c1-9-4-3-5-11(6-9)18-8-12-7-10(2)13(19-12)14(17)16-15/h7,9,11H,3-6,8,15H2,1-2H3,(H,16,17). The van der Waals surface area contributed by atoms with Crippen LogP contribution in [0, 0.1) is 12.8 Å². The van der Waals surface area contributed by atoms with Crippen molar-refractivity contribution in [2.24, 2.45) is 11.8 Å². The fourth-order valence-corrected chi connectivity index (χ4v) is 2.64. The van der Waals surface area contributed by atoms with Crippen LogP contribution in [0.25, 0.3) is 0 Å². The normalized spacial score (nSPS) is 23.3. The third-order valence-corrected chi connectivity index (χ3v) is 3.66. The number of aryl methyl sites for hydroxylation is 1. The zero-order valence-corrected chi connectivity index (χ0v) is 11.6. The van der Waals surface area contributed by atoms with Gasteiger partial charge >= 0.3 is 5.91 Å². The van der Waals surface area contributed by atoms with Gasteiger partial charge in [-0.3, -0.25) is 10.2 Å². The Kier molecular flexibility index (Phi) is 4.61. The first-order chi connectivity index (χ1) is 9.10. The Labute approximate surface area is 113 Å². The van der Waals surface area contributed by atoms with E-state index in [1.165, 1.54) is 12.8 Å². The Morgan fingerprint density at radius 2 is 2.37 bits per heavy atom. The molecule has 5 nitrogen and oxygen atoms in total. The Bertz CT molecular complexity index is 442. The van der Waals surface area contributed by atoms with Crippen LogP contribution in [-0.2, 0) is 11.3 Å². The van der Waals surface area contributed by atoms with E-state index in [1.54, 1.807) is 0 Å². The van der Waals surface area contributed by atoms with Crippen LogP contribution < -0.4 is 11.3 Å². The highest BCUT2D eigenvalue weighted by atomic mass is 16.5. The highest BCUT2D eigenvalue weighted by Gasteiger charge is 2.20. The van der Waals surface area contributed by atoms with E-state index >= 15 is 0 Å². The Hall–Kier alpha value is -1.33. The van der Waals surface area contributed by atoms with Gasteiger partial charge in [0.25, 0.3) is 0 Å². The van der Waals surface area contributed by atoms with Crippen molar-refractivity contribution in [3.8, 4) is 0 Å². The van der Waals surface area contributed by atoms with Gasteiger partial charge in [0.2, 0.25) is 0 Å². The molecule has 5 heteroatoms. The molecule has 1 saturated carbocycles. The molecule has 0 spiro atoms. The van der Waals surface area contributed by atoms with Crippen molar-refractivity contribution in [3.05, 3.63) is 23.2 Å². The minimum absolute atomic E-state index is 0.262. The molecule has 1 aromatic rings. The lowest BCUT2D eigenvalue weighted by atomic mass is 9.89. The number of rotatable bonds is 4. The summed E-state index contributed by atoms with van der Waals surface area (Å²) < 4.78 is 11.3. The molecule has 19 heavy (non-hydrogen) atoms. The van der Waals surface area contributed by atoms with Crippen LogP contribution in [0.15, 0.2) is 10.5 Å². The van der Waals surface area contributed by atoms with Crippen LogP contribution in [0.1, 0.15) is 54.5 Å². The average molecular weight is 266 g/mol. The van der Waals surface area contributed by atoms with Crippen molar-refractivity contribution < 1.29 is 13.9 Å². The largest absolute Gasteiger partial charge is 0.453 e. The van der Waals surface area contributed by atoms with Gasteiger partial charge in [0.15, 0.2) is 5.76 Å². The second kappa shape index (κ2) is 6.21. The van der Waals surface area contributed by atoms with E-state index < -0.39 is 5.91 Å². The second-order valence-electron chi connectivity index (χ2n) is 5.40. The lowest BCUT2D eigenvalue weighted by Gasteiger charge is -2.26. The van der Waals surface area contributed by atoms with Crippen LogP contribution in [0.4, 0.5) is 0 Å². The van der Waals surface area contributed by atoms with Gasteiger partial charge in [0, 0.05) is 5.56 Å². The van der Waals surface area contributed by atoms with Crippen molar-refractivity contribution in [1.82, 2.24) is 5.43 Å². The van der Waals surface area contributed by atoms with Crippen molar-refractivity contribution in [2.45, 2.75) is 52.2 Å². The molecule has 0 aromatic carbocycles. The number of ether oxygens (including phenoxy) is 1. The molecule has 1 aliphatic carbocycles. The van der Waals surface area contributed by atoms with E-state index in [-0.39, 0.29) is 5.76 Å². The van der Waals surface area contributed by atoms with Crippen molar-refractivity contribution in [1.29, 1.82) is 0 Å². The number of carbonyl (C=O) groups is 1. The minimum Gasteiger partial charge on any atom is -0.453 e. The van der Waals surface area contributed by atoms with Crippen molar-refractivity contribution in [3.63, 3.8) is 0 Å². The van der Waals surface area contributed by atoms with Gasteiger partial charge in [-0.1, -0.05) is 19.8 Å². The molecule has 106 valence electrons.